The molecular formula is C19H20O2. The van der Waals surface area contributed by atoms with Gasteiger partial charge in [-0.15, -0.1) is 0 Å². The zero-order chi connectivity index (χ0) is 14.9. The second-order valence-corrected chi connectivity index (χ2v) is 4.52. The van der Waals surface area contributed by atoms with Gasteiger partial charge in [-0.2, -0.15) is 0 Å². The van der Waals surface area contributed by atoms with Crippen molar-refractivity contribution in [3.63, 3.8) is 0 Å². The first-order valence-corrected chi connectivity index (χ1v) is 6.98. The average molecular weight is 280 g/mol. The van der Waals surface area contributed by atoms with Crippen molar-refractivity contribution in [3.8, 4) is 22.6 Å². The van der Waals surface area contributed by atoms with Gasteiger partial charge in [-0.1, -0.05) is 42.5 Å². The Balaban J connectivity index is 1.97. The van der Waals surface area contributed by atoms with Crippen LogP contribution >= 0.6 is 0 Å². The van der Waals surface area contributed by atoms with Crippen molar-refractivity contribution in [1.29, 1.82) is 0 Å². The van der Waals surface area contributed by atoms with Crippen molar-refractivity contribution in [3.05, 3.63) is 72.8 Å². The molecule has 0 aromatic heterocycles. The van der Waals surface area contributed by atoms with Gasteiger partial charge in [0.1, 0.15) is 18.1 Å². The molecule has 0 bridgehead atoms. The molecule has 0 saturated carbocycles. The third-order valence-corrected chi connectivity index (χ3v) is 3.06. The summed E-state index contributed by atoms with van der Waals surface area (Å²) in [4.78, 5) is 0. The van der Waals surface area contributed by atoms with Crippen molar-refractivity contribution < 1.29 is 9.47 Å². The Kier molecular flexibility index (Phi) is 5.65. The SMILES string of the molecule is CC=CC=CCOc1ccc(-c2ccc(OC)cc2)cc1. The second-order valence-electron chi connectivity index (χ2n) is 4.52. The standard InChI is InChI=1S/C19H20O2/c1-3-4-5-6-15-21-19-13-9-17(10-14-19)16-7-11-18(20-2)12-8-16/h3-14H,15H2,1-2H3. The van der Waals surface area contributed by atoms with Crippen LogP contribution in [0.25, 0.3) is 11.1 Å². The number of ether oxygens (including phenoxy) is 2. The van der Waals surface area contributed by atoms with Crippen LogP contribution in [-0.2, 0) is 0 Å². The molecule has 21 heavy (non-hydrogen) atoms. The van der Waals surface area contributed by atoms with Crippen LogP contribution < -0.4 is 9.47 Å². The van der Waals surface area contributed by atoms with E-state index >= 15 is 0 Å². The number of benzene rings is 2. The average Bonchev–Trinajstić information content (AvgIpc) is 2.55. The van der Waals surface area contributed by atoms with Crippen LogP contribution in [0.1, 0.15) is 6.92 Å². The Morgan fingerprint density at radius 3 is 1.90 bits per heavy atom. The van der Waals surface area contributed by atoms with Gasteiger partial charge < -0.3 is 9.47 Å². The lowest BCUT2D eigenvalue weighted by atomic mass is 10.1. The van der Waals surface area contributed by atoms with Crippen LogP contribution in [0.4, 0.5) is 0 Å². The van der Waals surface area contributed by atoms with Crippen LogP contribution in [0.15, 0.2) is 72.8 Å². The van der Waals surface area contributed by atoms with Gasteiger partial charge in [0.15, 0.2) is 0 Å². The number of rotatable bonds is 6. The second kappa shape index (κ2) is 7.95. The lowest BCUT2D eigenvalue weighted by Gasteiger charge is -2.06. The molecule has 0 aliphatic heterocycles. The van der Waals surface area contributed by atoms with E-state index in [2.05, 4.69) is 24.3 Å². The van der Waals surface area contributed by atoms with Crippen molar-refractivity contribution in [2.24, 2.45) is 0 Å². The highest BCUT2D eigenvalue weighted by molar-refractivity contribution is 5.64. The van der Waals surface area contributed by atoms with E-state index in [1.165, 1.54) is 0 Å². The fraction of sp³-hybridized carbons (Fsp3) is 0.158. The Labute approximate surface area is 126 Å². The summed E-state index contributed by atoms with van der Waals surface area (Å²) in [5, 5.41) is 0. The first-order chi connectivity index (χ1) is 10.3. The first-order valence-electron chi connectivity index (χ1n) is 6.98. The third kappa shape index (κ3) is 4.53. The molecule has 0 saturated heterocycles. The smallest absolute Gasteiger partial charge is 0.119 e. The van der Waals surface area contributed by atoms with Crippen molar-refractivity contribution in [1.82, 2.24) is 0 Å². The van der Waals surface area contributed by atoms with E-state index < -0.39 is 0 Å². The summed E-state index contributed by atoms with van der Waals surface area (Å²) in [6.07, 6.45) is 7.93. The minimum Gasteiger partial charge on any atom is -0.497 e. The summed E-state index contributed by atoms with van der Waals surface area (Å²) >= 11 is 0. The molecule has 0 radical (unpaired) electrons. The van der Waals surface area contributed by atoms with Crippen LogP contribution in [0.5, 0.6) is 11.5 Å². The molecular weight excluding hydrogens is 260 g/mol. The van der Waals surface area contributed by atoms with Gasteiger partial charge in [-0.25, -0.2) is 0 Å². The summed E-state index contributed by atoms with van der Waals surface area (Å²) < 4.78 is 10.8. The molecule has 2 aromatic rings. The molecule has 0 aliphatic rings. The summed E-state index contributed by atoms with van der Waals surface area (Å²) in [6.45, 7) is 2.56. The highest BCUT2D eigenvalue weighted by Gasteiger charge is 1.99. The van der Waals surface area contributed by atoms with E-state index in [9.17, 15) is 0 Å². The van der Waals surface area contributed by atoms with E-state index in [1.807, 2.05) is 55.5 Å². The largest absolute Gasteiger partial charge is 0.497 e. The highest BCUT2D eigenvalue weighted by Crippen LogP contribution is 2.24. The van der Waals surface area contributed by atoms with E-state index in [0.717, 1.165) is 22.6 Å². The summed E-state index contributed by atoms with van der Waals surface area (Å²) in [7, 11) is 1.67. The number of methoxy groups -OCH3 is 1. The van der Waals surface area contributed by atoms with Gasteiger partial charge in [-0.3, -0.25) is 0 Å². The van der Waals surface area contributed by atoms with Gasteiger partial charge >= 0.3 is 0 Å². The lowest BCUT2D eigenvalue weighted by molar-refractivity contribution is 0.363. The Morgan fingerprint density at radius 2 is 1.38 bits per heavy atom. The molecule has 2 nitrogen and oxygen atoms in total. The predicted molar refractivity (Wildman–Crippen MR) is 87.9 cm³/mol. The molecule has 0 unspecified atom stereocenters. The van der Waals surface area contributed by atoms with Crippen LogP contribution in [0.3, 0.4) is 0 Å². The molecule has 2 rings (SSSR count). The Hall–Kier alpha value is -2.48. The fourth-order valence-corrected chi connectivity index (χ4v) is 1.92. The zero-order valence-corrected chi connectivity index (χ0v) is 12.5. The molecule has 0 amide bonds. The maximum absolute atomic E-state index is 5.64. The minimum absolute atomic E-state index is 0.576. The van der Waals surface area contributed by atoms with E-state index in [0.29, 0.717) is 6.61 Å². The Bertz CT molecular complexity index is 592. The molecule has 0 spiro atoms. The van der Waals surface area contributed by atoms with Crippen LogP contribution in [-0.4, -0.2) is 13.7 Å². The summed E-state index contributed by atoms with van der Waals surface area (Å²) in [5.74, 6) is 1.74. The molecule has 2 aromatic carbocycles. The molecule has 0 heterocycles. The maximum atomic E-state index is 5.64. The quantitative estimate of drug-likeness (QED) is 0.703. The van der Waals surface area contributed by atoms with Crippen molar-refractivity contribution >= 4 is 0 Å². The monoisotopic (exact) mass is 280 g/mol. The molecule has 2 heteroatoms. The van der Waals surface area contributed by atoms with Crippen molar-refractivity contribution in [2.45, 2.75) is 6.92 Å². The topological polar surface area (TPSA) is 18.5 Å². The number of hydrogen-bond donors (Lipinski definition) is 0. The normalized spacial score (nSPS) is 11.1. The zero-order valence-electron chi connectivity index (χ0n) is 12.5. The van der Waals surface area contributed by atoms with Crippen LogP contribution in [0.2, 0.25) is 0 Å². The molecule has 108 valence electrons. The minimum atomic E-state index is 0.576. The summed E-state index contributed by atoms with van der Waals surface area (Å²) in [5.41, 5.74) is 2.32. The van der Waals surface area contributed by atoms with Gasteiger partial charge in [0.25, 0.3) is 0 Å². The summed E-state index contributed by atoms with van der Waals surface area (Å²) in [6, 6.07) is 16.1. The van der Waals surface area contributed by atoms with E-state index in [1.54, 1.807) is 7.11 Å². The molecule has 0 atom stereocenters. The lowest BCUT2D eigenvalue weighted by Crippen LogP contribution is -1.92. The Morgan fingerprint density at radius 1 is 0.810 bits per heavy atom. The van der Waals surface area contributed by atoms with Gasteiger partial charge in [0.2, 0.25) is 0 Å². The fourth-order valence-electron chi connectivity index (χ4n) is 1.92. The van der Waals surface area contributed by atoms with E-state index in [-0.39, 0.29) is 0 Å². The van der Waals surface area contributed by atoms with Crippen molar-refractivity contribution in [2.75, 3.05) is 13.7 Å². The molecule has 0 fully saturated rings. The first kappa shape index (κ1) is 14.9. The highest BCUT2D eigenvalue weighted by atomic mass is 16.5. The van der Waals surface area contributed by atoms with Crippen LogP contribution in [0, 0.1) is 0 Å². The number of allylic oxidation sites excluding steroid dienone is 3. The van der Waals surface area contributed by atoms with Gasteiger partial charge in [-0.05, 0) is 48.4 Å². The molecule has 0 N–H and O–H groups in total. The van der Waals surface area contributed by atoms with Gasteiger partial charge in [0.05, 0.1) is 7.11 Å². The third-order valence-electron chi connectivity index (χ3n) is 3.06. The number of hydrogen-bond acceptors (Lipinski definition) is 2. The van der Waals surface area contributed by atoms with E-state index in [4.69, 9.17) is 9.47 Å². The molecule has 0 aliphatic carbocycles. The van der Waals surface area contributed by atoms with Gasteiger partial charge in [0, 0.05) is 0 Å². The maximum Gasteiger partial charge on any atom is 0.119 e. The predicted octanol–water partition coefficient (Wildman–Crippen LogP) is 4.87.